The molecule has 5 nitrogen and oxygen atoms in total. The second kappa shape index (κ2) is 6.34. The highest BCUT2D eigenvalue weighted by molar-refractivity contribution is 9.11. The molecule has 1 heterocycles. The monoisotopic (exact) mass is 369 g/mol. The average Bonchev–Trinajstić information content (AvgIpc) is 2.69. The summed E-state index contributed by atoms with van der Waals surface area (Å²) in [4.78, 5) is 10.8. The number of carboxylic acid groups (broad SMARTS) is 1. The minimum absolute atomic E-state index is 0.0100. The number of carbonyl (C=O) groups is 1. The molecule has 0 radical (unpaired) electrons. The van der Waals surface area contributed by atoms with Gasteiger partial charge in [-0.15, -0.1) is 11.3 Å². The second-order valence-corrected chi connectivity index (χ2v) is 8.73. The lowest BCUT2D eigenvalue weighted by molar-refractivity contribution is 0.0702. The van der Waals surface area contributed by atoms with Gasteiger partial charge in [0, 0.05) is 6.54 Å². The van der Waals surface area contributed by atoms with E-state index in [-0.39, 0.29) is 15.7 Å². The third-order valence-corrected chi connectivity index (χ3v) is 6.55. The van der Waals surface area contributed by atoms with E-state index in [1.807, 2.05) is 20.8 Å². The van der Waals surface area contributed by atoms with Gasteiger partial charge in [0.1, 0.15) is 9.77 Å². The summed E-state index contributed by atoms with van der Waals surface area (Å²) < 4.78 is 27.0. The first-order chi connectivity index (χ1) is 8.65. The molecule has 0 saturated carbocycles. The minimum atomic E-state index is -3.68. The van der Waals surface area contributed by atoms with Gasteiger partial charge in [-0.2, -0.15) is 0 Å². The third-order valence-electron chi connectivity index (χ3n) is 2.89. The molecule has 108 valence electrons. The van der Waals surface area contributed by atoms with Crippen LogP contribution in [-0.2, 0) is 10.0 Å². The molecule has 0 bridgehead atoms. The Labute approximate surface area is 125 Å². The number of rotatable bonds is 6. The summed E-state index contributed by atoms with van der Waals surface area (Å²) >= 11 is 3.98. The van der Waals surface area contributed by atoms with Crippen molar-refractivity contribution in [2.24, 2.45) is 11.8 Å². The maximum absolute atomic E-state index is 12.1. The molecule has 0 amide bonds. The molecule has 2 N–H and O–H groups in total. The third kappa shape index (κ3) is 4.27. The van der Waals surface area contributed by atoms with Crippen molar-refractivity contribution in [1.29, 1.82) is 0 Å². The summed E-state index contributed by atoms with van der Waals surface area (Å²) in [6.45, 7) is 6.31. The predicted molar refractivity (Wildman–Crippen MR) is 78.2 cm³/mol. The van der Waals surface area contributed by atoms with Gasteiger partial charge in [-0.3, -0.25) is 0 Å². The Balaban J connectivity index is 2.92. The van der Waals surface area contributed by atoms with Crippen LogP contribution >= 0.6 is 27.3 Å². The van der Waals surface area contributed by atoms with Crippen LogP contribution in [0, 0.1) is 11.8 Å². The van der Waals surface area contributed by atoms with E-state index < -0.39 is 16.0 Å². The van der Waals surface area contributed by atoms with Crippen molar-refractivity contribution in [2.75, 3.05) is 6.54 Å². The Bertz CT molecular complexity index is 565. The van der Waals surface area contributed by atoms with Gasteiger partial charge in [0.15, 0.2) is 0 Å². The van der Waals surface area contributed by atoms with Crippen molar-refractivity contribution >= 4 is 43.3 Å². The van der Waals surface area contributed by atoms with Crippen LogP contribution < -0.4 is 4.72 Å². The fraction of sp³-hybridized carbons (Fsp3) is 0.545. The van der Waals surface area contributed by atoms with E-state index in [1.165, 1.54) is 6.07 Å². The highest BCUT2D eigenvalue weighted by Gasteiger charge is 2.23. The first kappa shape index (κ1) is 16.6. The van der Waals surface area contributed by atoms with Crippen molar-refractivity contribution in [3.05, 3.63) is 14.7 Å². The molecule has 0 saturated heterocycles. The van der Waals surface area contributed by atoms with E-state index in [0.29, 0.717) is 16.2 Å². The largest absolute Gasteiger partial charge is 0.477 e. The van der Waals surface area contributed by atoms with Gasteiger partial charge >= 0.3 is 5.97 Å². The molecule has 0 aliphatic heterocycles. The summed E-state index contributed by atoms with van der Waals surface area (Å²) in [5.74, 6) is -0.572. The van der Waals surface area contributed by atoms with Gasteiger partial charge in [0.25, 0.3) is 0 Å². The molecule has 0 fully saturated rings. The van der Waals surface area contributed by atoms with E-state index in [0.717, 1.165) is 11.3 Å². The van der Waals surface area contributed by atoms with E-state index in [2.05, 4.69) is 20.7 Å². The van der Waals surface area contributed by atoms with Crippen molar-refractivity contribution in [3.8, 4) is 0 Å². The Hall–Kier alpha value is -0.440. The van der Waals surface area contributed by atoms with Crippen LogP contribution in [0.3, 0.4) is 0 Å². The summed E-state index contributed by atoms with van der Waals surface area (Å²) in [6, 6.07) is 1.17. The highest BCUT2D eigenvalue weighted by atomic mass is 79.9. The Morgan fingerprint density at radius 3 is 2.47 bits per heavy atom. The van der Waals surface area contributed by atoms with Gasteiger partial charge < -0.3 is 5.11 Å². The Morgan fingerprint density at radius 1 is 1.47 bits per heavy atom. The summed E-state index contributed by atoms with van der Waals surface area (Å²) in [5.41, 5.74) is 0. The molecule has 1 atom stereocenters. The molecule has 0 spiro atoms. The summed E-state index contributed by atoms with van der Waals surface area (Å²) in [5, 5.41) is 8.85. The van der Waals surface area contributed by atoms with Gasteiger partial charge in [0.05, 0.1) is 3.79 Å². The quantitative estimate of drug-likeness (QED) is 0.807. The maximum Gasteiger partial charge on any atom is 0.345 e. The van der Waals surface area contributed by atoms with Crippen molar-refractivity contribution < 1.29 is 18.3 Å². The van der Waals surface area contributed by atoms with Crippen LogP contribution in [0.4, 0.5) is 0 Å². The number of carboxylic acids is 1. The minimum Gasteiger partial charge on any atom is -0.477 e. The van der Waals surface area contributed by atoms with E-state index in [1.54, 1.807) is 0 Å². The van der Waals surface area contributed by atoms with E-state index in [9.17, 15) is 13.2 Å². The second-order valence-electron chi connectivity index (χ2n) is 4.63. The van der Waals surface area contributed by atoms with Crippen LogP contribution in [0.5, 0.6) is 0 Å². The lowest BCUT2D eigenvalue weighted by Crippen LogP contribution is -2.30. The summed E-state index contributed by atoms with van der Waals surface area (Å²) in [6.07, 6.45) is 0. The first-order valence-corrected chi connectivity index (χ1v) is 8.76. The zero-order valence-corrected chi connectivity index (χ0v) is 14.0. The number of hydrogen-bond donors (Lipinski definition) is 2. The van der Waals surface area contributed by atoms with Crippen LogP contribution in [0.2, 0.25) is 0 Å². The zero-order valence-electron chi connectivity index (χ0n) is 10.8. The molecule has 1 unspecified atom stereocenters. The average molecular weight is 370 g/mol. The van der Waals surface area contributed by atoms with E-state index >= 15 is 0 Å². The smallest absolute Gasteiger partial charge is 0.345 e. The van der Waals surface area contributed by atoms with Crippen LogP contribution in [0.1, 0.15) is 30.4 Å². The van der Waals surface area contributed by atoms with Crippen molar-refractivity contribution in [1.82, 2.24) is 4.72 Å². The van der Waals surface area contributed by atoms with Crippen molar-refractivity contribution in [2.45, 2.75) is 25.7 Å². The molecular formula is C11H16BrNO4S2. The van der Waals surface area contributed by atoms with E-state index in [4.69, 9.17) is 5.11 Å². The number of hydrogen-bond acceptors (Lipinski definition) is 4. The van der Waals surface area contributed by atoms with Crippen LogP contribution in [-0.4, -0.2) is 26.0 Å². The molecule has 19 heavy (non-hydrogen) atoms. The first-order valence-electron chi connectivity index (χ1n) is 5.67. The molecule has 0 aliphatic carbocycles. The van der Waals surface area contributed by atoms with Gasteiger partial charge in [0.2, 0.25) is 10.0 Å². The topological polar surface area (TPSA) is 83.5 Å². The van der Waals surface area contributed by atoms with Gasteiger partial charge in [-0.1, -0.05) is 20.8 Å². The van der Waals surface area contributed by atoms with Gasteiger partial charge in [-0.25, -0.2) is 17.9 Å². The zero-order chi connectivity index (χ0) is 14.8. The number of halogens is 1. The number of thiophene rings is 1. The maximum atomic E-state index is 12.1. The Morgan fingerprint density at radius 2 is 2.05 bits per heavy atom. The SMILES string of the molecule is CC(C)C(C)CNS(=O)(=O)c1cc(C(=O)O)sc1Br. The molecule has 1 rings (SSSR count). The standard InChI is InChI=1S/C11H16BrNO4S2/c1-6(2)7(3)5-13-19(16,17)9-4-8(11(14)15)18-10(9)12/h4,6-7,13H,5H2,1-3H3,(H,14,15). The molecule has 0 aromatic carbocycles. The van der Waals surface area contributed by atoms with Crippen LogP contribution in [0.25, 0.3) is 0 Å². The predicted octanol–water partition coefficient (Wildman–Crippen LogP) is 2.78. The lowest BCUT2D eigenvalue weighted by atomic mass is 9.99. The normalized spacial score (nSPS) is 13.7. The lowest BCUT2D eigenvalue weighted by Gasteiger charge is -2.15. The van der Waals surface area contributed by atoms with Gasteiger partial charge in [-0.05, 0) is 33.8 Å². The number of nitrogens with one attached hydrogen (secondary N) is 1. The number of sulfonamides is 1. The fourth-order valence-electron chi connectivity index (χ4n) is 1.20. The highest BCUT2D eigenvalue weighted by Crippen LogP contribution is 2.31. The Kier molecular flexibility index (Phi) is 5.54. The van der Waals surface area contributed by atoms with Crippen molar-refractivity contribution in [3.63, 3.8) is 0 Å². The summed E-state index contributed by atoms with van der Waals surface area (Å²) in [7, 11) is -3.68. The fourth-order valence-corrected chi connectivity index (χ4v) is 4.74. The molecule has 1 aromatic heterocycles. The molecular weight excluding hydrogens is 354 g/mol. The van der Waals surface area contributed by atoms with Crippen LogP contribution in [0.15, 0.2) is 14.7 Å². The number of aromatic carboxylic acids is 1. The molecule has 8 heteroatoms. The molecule has 0 aliphatic rings. The molecule has 1 aromatic rings.